The molecule has 10 heteroatoms. The van der Waals surface area contributed by atoms with Crippen molar-refractivity contribution in [1.82, 2.24) is 5.32 Å². The molecular formula is C35H32N2O8. The number of hydrogen-bond acceptors (Lipinski definition) is 8. The molecular weight excluding hydrogens is 576 g/mol. The number of anilines is 1. The van der Waals surface area contributed by atoms with Crippen molar-refractivity contribution in [2.24, 2.45) is 0 Å². The summed E-state index contributed by atoms with van der Waals surface area (Å²) in [7, 11) is 0. The first-order valence-electron chi connectivity index (χ1n) is 14.9. The van der Waals surface area contributed by atoms with Gasteiger partial charge in [-0.2, -0.15) is 0 Å². The quantitative estimate of drug-likeness (QED) is 0.238. The van der Waals surface area contributed by atoms with E-state index in [2.05, 4.69) is 10.6 Å². The van der Waals surface area contributed by atoms with Crippen molar-refractivity contribution in [1.29, 1.82) is 0 Å². The molecule has 10 nitrogen and oxygen atoms in total. The van der Waals surface area contributed by atoms with Gasteiger partial charge in [0, 0.05) is 29.3 Å². The predicted octanol–water partition coefficient (Wildman–Crippen LogP) is 5.16. The summed E-state index contributed by atoms with van der Waals surface area (Å²) in [5, 5.41) is 16.0. The van der Waals surface area contributed by atoms with Gasteiger partial charge in [0.25, 0.3) is 5.91 Å². The first kappa shape index (κ1) is 28.7. The van der Waals surface area contributed by atoms with Crippen LogP contribution in [-0.2, 0) is 16.1 Å². The number of carbonyl (C=O) groups excluding carboxylic acids is 2. The molecule has 0 radical (unpaired) electrons. The second-order valence-electron chi connectivity index (χ2n) is 11.2. The van der Waals surface area contributed by atoms with E-state index in [4.69, 9.17) is 23.7 Å². The van der Waals surface area contributed by atoms with E-state index in [0.29, 0.717) is 47.2 Å². The summed E-state index contributed by atoms with van der Waals surface area (Å²) in [4.78, 5) is 25.9. The van der Waals surface area contributed by atoms with E-state index in [-0.39, 0.29) is 43.7 Å². The van der Waals surface area contributed by atoms with E-state index in [0.717, 1.165) is 16.9 Å². The molecule has 3 aliphatic heterocycles. The fraction of sp³-hybridized carbons (Fsp3) is 0.257. The molecule has 230 valence electrons. The maximum absolute atomic E-state index is 13.0. The largest absolute Gasteiger partial charge is 0.487 e. The molecule has 3 aliphatic rings. The molecule has 0 aliphatic carbocycles. The van der Waals surface area contributed by atoms with E-state index in [1.54, 1.807) is 24.3 Å². The molecule has 1 saturated heterocycles. The number of benzene rings is 4. The number of rotatable bonds is 9. The summed E-state index contributed by atoms with van der Waals surface area (Å²) in [6.07, 6.45) is -0.706. The molecule has 3 N–H and O–H groups in total. The molecule has 45 heavy (non-hydrogen) atoms. The Bertz CT molecular complexity index is 1690. The van der Waals surface area contributed by atoms with Gasteiger partial charge in [0.1, 0.15) is 29.5 Å². The molecule has 1 fully saturated rings. The monoisotopic (exact) mass is 608 g/mol. The minimum Gasteiger partial charge on any atom is -0.487 e. The van der Waals surface area contributed by atoms with Crippen LogP contribution >= 0.6 is 0 Å². The second-order valence-corrected chi connectivity index (χ2v) is 11.2. The Balaban J connectivity index is 0.965. The van der Waals surface area contributed by atoms with Crippen LogP contribution in [0, 0.1) is 0 Å². The van der Waals surface area contributed by atoms with Crippen LogP contribution in [-0.4, -0.2) is 48.6 Å². The van der Waals surface area contributed by atoms with Gasteiger partial charge in [-0.25, -0.2) is 0 Å². The lowest BCUT2D eigenvalue weighted by Gasteiger charge is -2.37. The Morgan fingerprint density at radius 2 is 1.64 bits per heavy atom. The minimum absolute atomic E-state index is 0.108. The molecule has 4 atom stereocenters. The van der Waals surface area contributed by atoms with Crippen LogP contribution in [0.2, 0.25) is 0 Å². The van der Waals surface area contributed by atoms with Crippen molar-refractivity contribution in [3.05, 3.63) is 108 Å². The van der Waals surface area contributed by atoms with Crippen LogP contribution in [0.4, 0.5) is 5.69 Å². The van der Waals surface area contributed by atoms with Crippen LogP contribution in [0.1, 0.15) is 40.2 Å². The van der Waals surface area contributed by atoms with Crippen LogP contribution in [0.15, 0.2) is 91.0 Å². The lowest BCUT2D eigenvalue weighted by atomic mass is 9.84. The topological polar surface area (TPSA) is 125 Å². The number of hydrogen-bond donors (Lipinski definition) is 3. The molecule has 0 bridgehead atoms. The lowest BCUT2D eigenvalue weighted by Crippen LogP contribution is -2.47. The number of ether oxygens (including phenoxy) is 5. The minimum atomic E-state index is -0.585. The zero-order valence-corrected chi connectivity index (χ0v) is 24.3. The number of fused-ring (bicyclic) bond motifs is 4. The number of para-hydroxylation sites is 1. The number of aliphatic hydroxyl groups is 1. The van der Waals surface area contributed by atoms with E-state index < -0.39 is 12.2 Å². The summed E-state index contributed by atoms with van der Waals surface area (Å²) in [6.45, 7) is 0.261. The van der Waals surface area contributed by atoms with E-state index in [9.17, 15) is 14.7 Å². The maximum atomic E-state index is 13.0. The standard InChI is InChI=1S/C35H32N2O8/c38-19-32-34-28(27-15-23(9-13-29(27)45-34)37-35(40)22-8-12-30-31(14-22)42-20-41-30)16-26(44-32)17-33(39)36-18-21-6-10-25(11-7-21)43-24-4-2-1-3-5-24/h1-15,26,28,32,34,38H,16-20H2,(H,36,39)(H,37,40)/t26-,28+,32-,34-/m1/s1. The van der Waals surface area contributed by atoms with Gasteiger partial charge in [-0.1, -0.05) is 30.3 Å². The first-order chi connectivity index (χ1) is 22.0. The second kappa shape index (κ2) is 12.5. The van der Waals surface area contributed by atoms with Gasteiger partial charge < -0.3 is 39.4 Å². The number of carbonyl (C=O) groups is 2. The van der Waals surface area contributed by atoms with Crippen molar-refractivity contribution < 1.29 is 38.4 Å². The summed E-state index contributed by atoms with van der Waals surface area (Å²) >= 11 is 0. The molecule has 3 heterocycles. The van der Waals surface area contributed by atoms with Crippen LogP contribution < -0.4 is 29.6 Å². The number of amides is 2. The van der Waals surface area contributed by atoms with Crippen molar-refractivity contribution >= 4 is 17.5 Å². The van der Waals surface area contributed by atoms with Crippen molar-refractivity contribution in [2.45, 2.75) is 43.6 Å². The van der Waals surface area contributed by atoms with Gasteiger partial charge >= 0.3 is 0 Å². The fourth-order valence-electron chi connectivity index (χ4n) is 5.99. The molecule has 4 aromatic carbocycles. The Morgan fingerprint density at radius 3 is 2.47 bits per heavy atom. The van der Waals surface area contributed by atoms with Gasteiger partial charge in [0.2, 0.25) is 12.7 Å². The normalized spacial score (nSPS) is 20.8. The summed E-state index contributed by atoms with van der Waals surface area (Å²) < 4.78 is 28.9. The van der Waals surface area contributed by atoms with Gasteiger partial charge in [-0.05, 0) is 72.6 Å². The summed E-state index contributed by atoms with van der Waals surface area (Å²) in [5.41, 5.74) is 2.91. The van der Waals surface area contributed by atoms with Gasteiger partial charge in [0.05, 0.1) is 19.1 Å². The highest BCUT2D eigenvalue weighted by atomic mass is 16.7. The highest BCUT2D eigenvalue weighted by Crippen LogP contribution is 2.47. The molecule has 0 aromatic heterocycles. The first-order valence-corrected chi connectivity index (χ1v) is 14.9. The molecule has 0 unspecified atom stereocenters. The van der Waals surface area contributed by atoms with E-state index >= 15 is 0 Å². The van der Waals surface area contributed by atoms with Crippen LogP contribution in [0.5, 0.6) is 28.7 Å². The Hall–Kier alpha value is -5.06. The number of aliphatic hydroxyl groups excluding tert-OH is 1. The van der Waals surface area contributed by atoms with Crippen LogP contribution in [0.25, 0.3) is 0 Å². The zero-order chi connectivity index (χ0) is 30.8. The molecule has 0 spiro atoms. The summed E-state index contributed by atoms with van der Waals surface area (Å²) in [5.74, 6) is 2.75. The molecule has 4 aromatic rings. The third-order valence-corrected chi connectivity index (χ3v) is 8.20. The average Bonchev–Trinajstić information content (AvgIpc) is 3.69. The van der Waals surface area contributed by atoms with E-state index in [1.807, 2.05) is 66.7 Å². The highest BCUT2D eigenvalue weighted by molar-refractivity contribution is 6.04. The third-order valence-electron chi connectivity index (χ3n) is 8.20. The van der Waals surface area contributed by atoms with Crippen molar-refractivity contribution in [3.63, 3.8) is 0 Å². The van der Waals surface area contributed by atoms with E-state index in [1.165, 1.54) is 0 Å². The Kier molecular flexibility index (Phi) is 7.98. The highest BCUT2D eigenvalue weighted by Gasteiger charge is 2.46. The smallest absolute Gasteiger partial charge is 0.255 e. The Labute approximate surface area is 259 Å². The van der Waals surface area contributed by atoms with Crippen molar-refractivity contribution in [3.8, 4) is 28.7 Å². The molecule has 7 rings (SSSR count). The lowest BCUT2D eigenvalue weighted by molar-refractivity contribution is -0.142. The van der Waals surface area contributed by atoms with Gasteiger partial charge in [-0.15, -0.1) is 0 Å². The number of nitrogens with one attached hydrogen (secondary N) is 2. The third kappa shape index (κ3) is 6.29. The van der Waals surface area contributed by atoms with Gasteiger partial charge in [0.15, 0.2) is 11.5 Å². The van der Waals surface area contributed by atoms with Crippen molar-refractivity contribution in [2.75, 3.05) is 18.7 Å². The maximum Gasteiger partial charge on any atom is 0.255 e. The zero-order valence-electron chi connectivity index (χ0n) is 24.3. The Morgan fingerprint density at radius 1 is 0.867 bits per heavy atom. The molecule has 2 amide bonds. The average molecular weight is 609 g/mol. The predicted molar refractivity (Wildman–Crippen MR) is 164 cm³/mol. The molecule has 0 saturated carbocycles. The van der Waals surface area contributed by atoms with Crippen LogP contribution in [0.3, 0.4) is 0 Å². The van der Waals surface area contributed by atoms with Gasteiger partial charge in [-0.3, -0.25) is 9.59 Å². The SMILES string of the molecule is O=C(C[C@H]1C[C@H]2c3cc(NC(=O)c4ccc5c(c4)OCO5)ccc3O[C@H]2[C@@H](CO)O1)NCc1ccc(Oc2ccccc2)cc1. The summed E-state index contributed by atoms with van der Waals surface area (Å²) in [6, 6.07) is 27.6. The fourth-order valence-corrected chi connectivity index (χ4v) is 5.99.